The van der Waals surface area contributed by atoms with E-state index in [0.717, 1.165) is 46.9 Å². The van der Waals surface area contributed by atoms with Crippen molar-refractivity contribution in [2.45, 2.75) is 13.0 Å². The number of nitrogens with zero attached hydrogens (tertiary/aromatic N) is 1. The quantitative estimate of drug-likeness (QED) is 0.810. The van der Waals surface area contributed by atoms with Crippen LogP contribution in [0.1, 0.15) is 23.1 Å². The summed E-state index contributed by atoms with van der Waals surface area (Å²) in [5, 5.41) is 3.28. The van der Waals surface area contributed by atoms with E-state index in [9.17, 15) is 0 Å². The molecule has 24 heavy (non-hydrogen) atoms. The van der Waals surface area contributed by atoms with Gasteiger partial charge in [-0.15, -0.1) is 0 Å². The van der Waals surface area contributed by atoms with E-state index in [-0.39, 0.29) is 0 Å². The Morgan fingerprint density at radius 3 is 2.50 bits per heavy atom. The minimum atomic E-state index is 0.576. The zero-order valence-corrected chi connectivity index (χ0v) is 14.0. The van der Waals surface area contributed by atoms with Crippen molar-refractivity contribution in [1.29, 1.82) is 0 Å². The lowest BCUT2D eigenvalue weighted by Gasteiger charge is -2.32. The number of fused-ring (bicyclic) bond motifs is 2. The van der Waals surface area contributed by atoms with E-state index in [1.54, 1.807) is 0 Å². The maximum absolute atomic E-state index is 6.56. The standard InChI is InChI=1S/C20H24N4/c1-14(11-12-21)24-13-15-7-3-4-8-16(15)20(23-2)19(22)17-9-5-6-10-18(17)24/h3-10,23H,1,11-13,21-22H2,2H3/b20-19-. The smallest absolute Gasteiger partial charge is 0.0655 e. The van der Waals surface area contributed by atoms with Crippen molar-refractivity contribution in [2.24, 2.45) is 11.5 Å². The molecule has 0 aliphatic carbocycles. The lowest BCUT2D eigenvalue weighted by molar-refractivity contribution is 0.827. The number of rotatable bonds is 4. The van der Waals surface area contributed by atoms with Crippen LogP contribution in [-0.2, 0) is 6.54 Å². The van der Waals surface area contributed by atoms with Crippen molar-refractivity contribution < 1.29 is 0 Å². The molecule has 2 aromatic carbocycles. The van der Waals surface area contributed by atoms with Gasteiger partial charge in [-0.3, -0.25) is 0 Å². The van der Waals surface area contributed by atoms with Gasteiger partial charge in [-0.1, -0.05) is 49.0 Å². The first kappa shape index (κ1) is 16.1. The third-order valence-electron chi connectivity index (χ3n) is 4.43. The van der Waals surface area contributed by atoms with Gasteiger partial charge in [-0.2, -0.15) is 0 Å². The topological polar surface area (TPSA) is 67.3 Å². The molecule has 0 spiro atoms. The number of para-hydroxylation sites is 1. The SMILES string of the molecule is C=C(CCN)N1Cc2ccccc2/C(NC)=C(/N)c2ccccc21. The van der Waals surface area contributed by atoms with Crippen molar-refractivity contribution >= 4 is 17.1 Å². The van der Waals surface area contributed by atoms with Crippen LogP contribution in [0.4, 0.5) is 5.69 Å². The van der Waals surface area contributed by atoms with E-state index in [2.05, 4.69) is 47.1 Å². The molecule has 5 N–H and O–H groups in total. The third kappa shape index (κ3) is 2.76. The average Bonchev–Trinajstić information content (AvgIpc) is 2.60. The van der Waals surface area contributed by atoms with Crippen LogP contribution in [-0.4, -0.2) is 13.6 Å². The summed E-state index contributed by atoms with van der Waals surface area (Å²) >= 11 is 0. The maximum atomic E-state index is 6.56. The first-order valence-corrected chi connectivity index (χ1v) is 8.18. The van der Waals surface area contributed by atoms with Crippen LogP contribution in [0.25, 0.3) is 11.4 Å². The summed E-state index contributed by atoms with van der Waals surface area (Å²) in [5.74, 6) is 0. The zero-order chi connectivity index (χ0) is 17.1. The Balaban J connectivity index is 2.27. The Hall–Kier alpha value is -2.72. The summed E-state index contributed by atoms with van der Waals surface area (Å²) in [4.78, 5) is 2.22. The summed E-state index contributed by atoms with van der Waals surface area (Å²) in [7, 11) is 1.91. The van der Waals surface area contributed by atoms with Crippen molar-refractivity contribution in [3.05, 3.63) is 77.5 Å². The Morgan fingerprint density at radius 2 is 1.79 bits per heavy atom. The highest BCUT2D eigenvalue weighted by Crippen LogP contribution is 2.36. The molecule has 0 aromatic heterocycles. The molecular formula is C20H24N4. The Morgan fingerprint density at radius 1 is 1.12 bits per heavy atom. The molecule has 0 unspecified atom stereocenters. The predicted molar refractivity (Wildman–Crippen MR) is 102 cm³/mol. The number of anilines is 1. The van der Waals surface area contributed by atoms with Gasteiger partial charge in [-0.05, 0) is 24.6 Å². The summed E-state index contributed by atoms with van der Waals surface area (Å²) in [6, 6.07) is 16.5. The molecule has 3 rings (SSSR count). The molecule has 124 valence electrons. The van der Waals surface area contributed by atoms with E-state index < -0.39 is 0 Å². The second-order valence-corrected chi connectivity index (χ2v) is 5.90. The van der Waals surface area contributed by atoms with Gasteiger partial charge in [0.25, 0.3) is 0 Å². The molecule has 2 aromatic rings. The second kappa shape index (κ2) is 6.81. The number of nitrogens with two attached hydrogens (primary N) is 2. The highest BCUT2D eigenvalue weighted by atomic mass is 15.1. The lowest BCUT2D eigenvalue weighted by atomic mass is 9.95. The zero-order valence-electron chi connectivity index (χ0n) is 14.0. The van der Waals surface area contributed by atoms with E-state index in [0.29, 0.717) is 6.54 Å². The van der Waals surface area contributed by atoms with Crippen molar-refractivity contribution in [1.82, 2.24) is 5.32 Å². The fourth-order valence-corrected chi connectivity index (χ4v) is 3.23. The number of nitrogens with one attached hydrogen (secondary N) is 1. The largest absolute Gasteiger partial charge is 0.396 e. The van der Waals surface area contributed by atoms with Gasteiger partial charge < -0.3 is 21.7 Å². The third-order valence-corrected chi connectivity index (χ3v) is 4.43. The molecule has 0 bridgehead atoms. The predicted octanol–water partition coefficient (Wildman–Crippen LogP) is 2.87. The van der Waals surface area contributed by atoms with Gasteiger partial charge in [0.15, 0.2) is 0 Å². The molecule has 1 aliphatic rings. The normalized spacial score (nSPS) is 16.7. The highest BCUT2D eigenvalue weighted by Gasteiger charge is 2.22. The fraction of sp³-hybridized carbons (Fsp3) is 0.200. The Labute approximate surface area is 143 Å². The number of hydrogen-bond acceptors (Lipinski definition) is 4. The number of hydrogen-bond donors (Lipinski definition) is 3. The molecule has 0 saturated carbocycles. The van der Waals surface area contributed by atoms with Gasteiger partial charge in [0.2, 0.25) is 0 Å². The van der Waals surface area contributed by atoms with E-state index in [1.807, 2.05) is 25.2 Å². The highest BCUT2D eigenvalue weighted by molar-refractivity contribution is 5.94. The van der Waals surface area contributed by atoms with Crippen LogP contribution in [0.2, 0.25) is 0 Å². The van der Waals surface area contributed by atoms with Gasteiger partial charge in [0, 0.05) is 30.4 Å². The van der Waals surface area contributed by atoms with Crippen LogP contribution in [0, 0.1) is 0 Å². The van der Waals surface area contributed by atoms with Crippen molar-refractivity contribution in [3.63, 3.8) is 0 Å². The molecular weight excluding hydrogens is 296 g/mol. The molecule has 0 saturated heterocycles. The summed E-state index contributed by atoms with van der Waals surface area (Å²) < 4.78 is 0. The molecule has 1 heterocycles. The second-order valence-electron chi connectivity index (χ2n) is 5.90. The average molecular weight is 320 g/mol. The summed E-state index contributed by atoms with van der Waals surface area (Å²) in [5.41, 5.74) is 19.4. The number of benzene rings is 2. The van der Waals surface area contributed by atoms with Crippen molar-refractivity contribution in [3.8, 4) is 0 Å². The summed E-state index contributed by atoms with van der Waals surface area (Å²) in [6.07, 6.45) is 0.749. The first-order chi connectivity index (χ1) is 11.7. The fourth-order valence-electron chi connectivity index (χ4n) is 3.23. The minimum absolute atomic E-state index is 0.576. The Bertz CT molecular complexity index is 792. The maximum Gasteiger partial charge on any atom is 0.0655 e. The van der Waals surface area contributed by atoms with Gasteiger partial charge in [0.05, 0.1) is 17.1 Å². The minimum Gasteiger partial charge on any atom is -0.396 e. The van der Waals surface area contributed by atoms with Gasteiger partial charge in [-0.25, -0.2) is 0 Å². The van der Waals surface area contributed by atoms with Crippen LogP contribution < -0.4 is 21.7 Å². The van der Waals surface area contributed by atoms with E-state index in [4.69, 9.17) is 11.5 Å². The molecule has 0 amide bonds. The van der Waals surface area contributed by atoms with Crippen LogP contribution in [0.3, 0.4) is 0 Å². The first-order valence-electron chi connectivity index (χ1n) is 8.18. The monoisotopic (exact) mass is 320 g/mol. The molecule has 4 nitrogen and oxygen atoms in total. The van der Waals surface area contributed by atoms with Gasteiger partial charge in [0.1, 0.15) is 0 Å². The molecule has 1 aliphatic heterocycles. The molecule has 0 atom stereocenters. The molecule has 0 radical (unpaired) electrons. The molecule has 0 fully saturated rings. The van der Waals surface area contributed by atoms with Crippen LogP contribution >= 0.6 is 0 Å². The Kier molecular flexibility index (Phi) is 4.58. The summed E-state index contributed by atoms with van der Waals surface area (Å²) in [6.45, 7) is 5.57. The molecule has 4 heteroatoms. The van der Waals surface area contributed by atoms with E-state index >= 15 is 0 Å². The van der Waals surface area contributed by atoms with Crippen LogP contribution in [0.5, 0.6) is 0 Å². The van der Waals surface area contributed by atoms with Crippen molar-refractivity contribution in [2.75, 3.05) is 18.5 Å². The van der Waals surface area contributed by atoms with E-state index in [1.165, 1.54) is 5.56 Å². The van der Waals surface area contributed by atoms with Gasteiger partial charge >= 0.3 is 0 Å². The lowest BCUT2D eigenvalue weighted by Crippen LogP contribution is -2.28. The van der Waals surface area contributed by atoms with Crippen LogP contribution in [0.15, 0.2) is 60.8 Å².